The second-order valence-corrected chi connectivity index (χ2v) is 4.73. The standard InChI is InChI=1S/C14H16N4O/c1-9-14(19)17-7-8-18(9)12-5-4-11(15)10-3-2-6-16-13(10)12/h2-6,9H,7-8,15H2,1H3,(H,17,19). The van der Waals surface area contributed by atoms with Crippen molar-refractivity contribution in [1.82, 2.24) is 10.3 Å². The van der Waals surface area contributed by atoms with E-state index in [-0.39, 0.29) is 11.9 Å². The highest BCUT2D eigenvalue weighted by atomic mass is 16.2. The third-order valence-corrected chi connectivity index (χ3v) is 3.59. The van der Waals surface area contributed by atoms with Crippen LogP contribution in [0.25, 0.3) is 10.9 Å². The lowest BCUT2D eigenvalue weighted by atomic mass is 10.1. The molecule has 1 saturated heterocycles. The Morgan fingerprint density at radius 2 is 2.26 bits per heavy atom. The van der Waals surface area contributed by atoms with Gasteiger partial charge in [0.1, 0.15) is 6.04 Å². The summed E-state index contributed by atoms with van der Waals surface area (Å²) in [6.07, 6.45) is 1.75. The molecule has 1 fully saturated rings. The summed E-state index contributed by atoms with van der Waals surface area (Å²) in [7, 11) is 0. The third kappa shape index (κ3) is 1.87. The normalized spacial score (nSPS) is 19.5. The summed E-state index contributed by atoms with van der Waals surface area (Å²) in [5.74, 6) is 0.0483. The van der Waals surface area contributed by atoms with Gasteiger partial charge in [0.2, 0.25) is 5.91 Å². The van der Waals surface area contributed by atoms with Crippen LogP contribution in [0.4, 0.5) is 11.4 Å². The molecule has 2 aromatic rings. The monoisotopic (exact) mass is 256 g/mol. The predicted molar refractivity (Wildman–Crippen MR) is 76.0 cm³/mol. The quantitative estimate of drug-likeness (QED) is 0.751. The van der Waals surface area contributed by atoms with Gasteiger partial charge in [0.25, 0.3) is 0 Å². The van der Waals surface area contributed by atoms with Crippen LogP contribution in [0.3, 0.4) is 0 Å². The van der Waals surface area contributed by atoms with Crippen LogP contribution in [0.5, 0.6) is 0 Å². The zero-order chi connectivity index (χ0) is 13.4. The van der Waals surface area contributed by atoms with Crippen molar-refractivity contribution in [2.24, 2.45) is 0 Å². The first kappa shape index (κ1) is 11.8. The Kier molecular flexibility index (Phi) is 2.74. The van der Waals surface area contributed by atoms with E-state index < -0.39 is 0 Å². The SMILES string of the molecule is CC1C(=O)NCCN1c1ccc(N)c2cccnc12. The summed E-state index contributed by atoms with van der Waals surface area (Å²) in [5.41, 5.74) is 8.50. The van der Waals surface area contributed by atoms with E-state index in [0.29, 0.717) is 12.2 Å². The molecule has 3 rings (SSSR count). The number of aromatic nitrogens is 1. The van der Waals surface area contributed by atoms with Gasteiger partial charge in [-0.1, -0.05) is 0 Å². The largest absolute Gasteiger partial charge is 0.398 e. The van der Waals surface area contributed by atoms with Crippen molar-refractivity contribution in [3.8, 4) is 0 Å². The van der Waals surface area contributed by atoms with Crippen LogP contribution < -0.4 is 16.0 Å². The number of carbonyl (C=O) groups is 1. The Morgan fingerprint density at radius 1 is 1.42 bits per heavy atom. The summed E-state index contributed by atoms with van der Waals surface area (Å²) >= 11 is 0. The number of amides is 1. The number of hydrogen-bond donors (Lipinski definition) is 2. The Morgan fingerprint density at radius 3 is 3.11 bits per heavy atom. The van der Waals surface area contributed by atoms with Crippen LogP contribution in [0.15, 0.2) is 30.5 Å². The summed E-state index contributed by atoms with van der Waals surface area (Å²) in [6.45, 7) is 3.34. The second kappa shape index (κ2) is 4.42. The number of nitrogens with zero attached hydrogens (tertiary/aromatic N) is 2. The minimum Gasteiger partial charge on any atom is -0.398 e. The molecule has 5 nitrogen and oxygen atoms in total. The number of hydrogen-bond acceptors (Lipinski definition) is 4. The lowest BCUT2D eigenvalue weighted by molar-refractivity contribution is -0.122. The van der Waals surface area contributed by atoms with E-state index in [1.807, 2.05) is 31.2 Å². The molecule has 1 atom stereocenters. The van der Waals surface area contributed by atoms with E-state index in [9.17, 15) is 4.79 Å². The maximum atomic E-state index is 11.8. The molecule has 0 aliphatic carbocycles. The summed E-state index contributed by atoms with van der Waals surface area (Å²) in [5, 5.41) is 3.79. The van der Waals surface area contributed by atoms with Crippen molar-refractivity contribution in [3.05, 3.63) is 30.5 Å². The van der Waals surface area contributed by atoms with E-state index in [2.05, 4.69) is 15.2 Å². The number of anilines is 2. The number of nitrogens with one attached hydrogen (secondary N) is 1. The maximum absolute atomic E-state index is 11.8. The highest BCUT2D eigenvalue weighted by Gasteiger charge is 2.27. The van der Waals surface area contributed by atoms with E-state index in [1.165, 1.54) is 0 Å². The number of fused-ring (bicyclic) bond motifs is 1. The van der Waals surface area contributed by atoms with Crippen molar-refractivity contribution in [3.63, 3.8) is 0 Å². The zero-order valence-electron chi connectivity index (χ0n) is 10.8. The van der Waals surface area contributed by atoms with E-state index in [0.717, 1.165) is 23.1 Å². The average Bonchev–Trinajstić information content (AvgIpc) is 2.43. The molecule has 19 heavy (non-hydrogen) atoms. The van der Waals surface area contributed by atoms with Crippen molar-refractivity contribution in [2.75, 3.05) is 23.7 Å². The van der Waals surface area contributed by atoms with Crippen molar-refractivity contribution in [1.29, 1.82) is 0 Å². The molecular weight excluding hydrogens is 240 g/mol. The minimum absolute atomic E-state index is 0.0483. The number of pyridine rings is 1. The Hall–Kier alpha value is -2.30. The van der Waals surface area contributed by atoms with Crippen LogP contribution in [0.1, 0.15) is 6.92 Å². The van der Waals surface area contributed by atoms with Crippen molar-refractivity contribution >= 4 is 28.2 Å². The Labute approximate surface area is 111 Å². The molecule has 1 aromatic carbocycles. The summed E-state index contributed by atoms with van der Waals surface area (Å²) < 4.78 is 0. The van der Waals surface area contributed by atoms with Crippen LogP contribution in [-0.2, 0) is 4.79 Å². The van der Waals surface area contributed by atoms with Gasteiger partial charge in [-0.3, -0.25) is 9.78 Å². The van der Waals surface area contributed by atoms with E-state index in [4.69, 9.17) is 5.73 Å². The maximum Gasteiger partial charge on any atom is 0.242 e. The van der Waals surface area contributed by atoms with Gasteiger partial charge in [0.05, 0.1) is 11.2 Å². The predicted octanol–water partition coefficient (Wildman–Crippen LogP) is 1.14. The van der Waals surface area contributed by atoms with E-state index in [1.54, 1.807) is 6.20 Å². The molecule has 0 bridgehead atoms. The van der Waals surface area contributed by atoms with Gasteiger partial charge in [-0.05, 0) is 31.2 Å². The van der Waals surface area contributed by atoms with Crippen molar-refractivity contribution in [2.45, 2.75) is 13.0 Å². The van der Waals surface area contributed by atoms with Gasteiger partial charge in [-0.25, -0.2) is 0 Å². The van der Waals surface area contributed by atoms with Gasteiger partial charge < -0.3 is 16.0 Å². The van der Waals surface area contributed by atoms with Gasteiger partial charge in [0, 0.05) is 30.4 Å². The second-order valence-electron chi connectivity index (χ2n) is 4.73. The van der Waals surface area contributed by atoms with Crippen LogP contribution in [0.2, 0.25) is 0 Å². The molecule has 0 saturated carbocycles. The molecule has 1 aliphatic rings. The summed E-state index contributed by atoms with van der Waals surface area (Å²) in [4.78, 5) is 18.3. The van der Waals surface area contributed by atoms with Gasteiger partial charge in [-0.2, -0.15) is 0 Å². The number of piperazine rings is 1. The number of carbonyl (C=O) groups excluding carboxylic acids is 1. The molecule has 1 amide bonds. The first-order valence-corrected chi connectivity index (χ1v) is 6.36. The number of nitrogens with two attached hydrogens (primary N) is 1. The van der Waals surface area contributed by atoms with Crippen LogP contribution >= 0.6 is 0 Å². The van der Waals surface area contributed by atoms with Crippen molar-refractivity contribution < 1.29 is 4.79 Å². The molecule has 0 spiro atoms. The minimum atomic E-state index is -0.192. The number of rotatable bonds is 1. The third-order valence-electron chi connectivity index (χ3n) is 3.59. The van der Waals surface area contributed by atoms with Gasteiger partial charge >= 0.3 is 0 Å². The first-order valence-electron chi connectivity index (χ1n) is 6.36. The fraction of sp³-hybridized carbons (Fsp3) is 0.286. The Bertz CT molecular complexity index is 640. The summed E-state index contributed by atoms with van der Waals surface area (Å²) in [6, 6.07) is 7.45. The molecule has 3 N–H and O–H groups in total. The molecule has 5 heteroatoms. The highest BCUT2D eigenvalue weighted by molar-refractivity contribution is 6.00. The van der Waals surface area contributed by atoms with Crippen LogP contribution in [0, 0.1) is 0 Å². The lowest BCUT2D eigenvalue weighted by Crippen LogP contribution is -2.54. The molecule has 1 aliphatic heterocycles. The Balaban J connectivity index is 2.15. The molecule has 1 unspecified atom stereocenters. The molecule has 0 radical (unpaired) electrons. The lowest BCUT2D eigenvalue weighted by Gasteiger charge is -2.35. The average molecular weight is 256 g/mol. The molecule has 2 heterocycles. The van der Waals surface area contributed by atoms with Gasteiger partial charge in [0.15, 0.2) is 0 Å². The first-order chi connectivity index (χ1) is 9.18. The molecular formula is C14H16N4O. The number of benzene rings is 1. The zero-order valence-corrected chi connectivity index (χ0v) is 10.8. The van der Waals surface area contributed by atoms with Crippen LogP contribution in [-0.4, -0.2) is 30.0 Å². The number of nitrogen functional groups attached to an aromatic ring is 1. The smallest absolute Gasteiger partial charge is 0.242 e. The van der Waals surface area contributed by atoms with E-state index >= 15 is 0 Å². The molecule has 1 aromatic heterocycles. The topological polar surface area (TPSA) is 71.2 Å². The molecule has 98 valence electrons. The highest BCUT2D eigenvalue weighted by Crippen LogP contribution is 2.30. The fourth-order valence-electron chi connectivity index (χ4n) is 2.52. The fourth-order valence-corrected chi connectivity index (χ4v) is 2.52. The van der Waals surface area contributed by atoms with Gasteiger partial charge in [-0.15, -0.1) is 0 Å².